The van der Waals surface area contributed by atoms with E-state index < -0.39 is 6.04 Å². The number of furan rings is 1. The van der Waals surface area contributed by atoms with Gasteiger partial charge in [0.15, 0.2) is 0 Å². The Morgan fingerprint density at radius 2 is 1.91 bits per heavy atom. The molecule has 46 heavy (non-hydrogen) atoms. The Morgan fingerprint density at radius 1 is 1.07 bits per heavy atom. The predicted molar refractivity (Wildman–Crippen MR) is 175 cm³/mol. The third-order valence-corrected chi connectivity index (χ3v) is 9.30. The fraction of sp³-hybridized carbons (Fsp3) is 0.400. The molecule has 0 bridgehead atoms. The van der Waals surface area contributed by atoms with E-state index >= 15 is 0 Å². The Morgan fingerprint density at radius 3 is 2.72 bits per heavy atom. The number of aromatic nitrogens is 3. The van der Waals surface area contributed by atoms with Crippen LogP contribution in [0.1, 0.15) is 54.1 Å². The summed E-state index contributed by atoms with van der Waals surface area (Å²) >= 11 is 0. The molecule has 7 rings (SSSR count). The molecule has 4 N–H and O–H groups in total. The number of aromatic hydroxyl groups is 1. The van der Waals surface area contributed by atoms with E-state index in [-0.39, 0.29) is 24.0 Å². The standard InChI is InChI=1S/C35H40N6O5/c42-27-7-8-29-28(20-27)25(21-37-29)19-31(35(44)36-11-12-40-13-16-45-17-14-40)39-34(43)23-6-9-32-30(18-23)38-33(24-10-15-46-22-24)41(32)26-4-2-1-3-5-26/h6-10,15,18,20-22,26,31,37,42H,1-5,11-14,16-17,19H2,(H,36,44)(H,39,43)/t31-/m0/s1. The molecule has 2 aromatic carbocycles. The minimum Gasteiger partial charge on any atom is -0.508 e. The smallest absolute Gasteiger partial charge is 0.252 e. The molecule has 1 aliphatic carbocycles. The summed E-state index contributed by atoms with van der Waals surface area (Å²) in [6, 6.07) is 12.1. The predicted octanol–water partition coefficient (Wildman–Crippen LogP) is 4.78. The quantitative estimate of drug-likeness (QED) is 0.176. The van der Waals surface area contributed by atoms with Crippen LogP contribution < -0.4 is 10.6 Å². The number of carbonyl (C=O) groups excluding carboxylic acids is 2. The molecule has 4 heterocycles. The fourth-order valence-corrected chi connectivity index (χ4v) is 6.84. The fourth-order valence-electron chi connectivity index (χ4n) is 6.84. The second-order valence-corrected chi connectivity index (χ2v) is 12.3. The number of rotatable bonds is 10. The lowest BCUT2D eigenvalue weighted by molar-refractivity contribution is -0.123. The van der Waals surface area contributed by atoms with Crippen molar-refractivity contribution in [1.29, 1.82) is 0 Å². The number of benzene rings is 2. The molecule has 2 fully saturated rings. The number of hydrogen-bond donors (Lipinski definition) is 4. The van der Waals surface area contributed by atoms with Crippen molar-refractivity contribution < 1.29 is 23.8 Å². The van der Waals surface area contributed by atoms with Gasteiger partial charge in [-0.15, -0.1) is 0 Å². The van der Waals surface area contributed by atoms with Crippen molar-refractivity contribution in [2.75, 3.05) is 39.4 Å². The zero-order chi connectivity index (χ0) is 31.5. The Kier molecular flexibility index (Phi) is 8.76. The van der Waals surface area contributed by atoms with Crippen molar-refractivity contribution in [2.45, 2.75) is 50.6 Å². The number of phenols is 1. The normalized spacial score (nSPS) is 17.0. The first-order valence-electron chi connectivity index (χ1n) is 16.3. The second kappa shape index (κ2) is 13.4. The van der Waals surface area contributed by atoms with E-state index in [1.807, 2.05) is 30.5 Å². The van der Waals surface area contributed by atoms with Crippen LogP contribution in [0.5, 0.6) is 5.75 Å². The van der Waals surface area contributed by atoms with Crippen molar-refractivity contribution in [1.82, 2.24) is 30.1 Å². The van der Waals surface area contributed by atoms with E-state index in [9.17, 15) is 14.7 Å². The Bertz CT molecular complexity index is 1810. The Labute approximate surface area is 266 Å². The van der Waals surface area contributed by atoms with Crippen molar-refractivity contribution >= 4 is 33.8 Å². The van der Waals surface area contributed by atoms with Crippen LogP contribution in [-0.2, 0) is 16.0 Å². The van der Waals surface area contributed by atoms with E-state index in [4.69, 9.17) is 14.1 Å². The highest BCUT2D eigenvalue weighted by Crippen LogP contribution is 2.36. The molecule has 240 valence electrons. The number of phenolic OH excluding ortho intramolecular Hbond substituents is 1. The van der Waals surface area contributed by atoms with E-state index in [0.717, 1.165) is 64.8 Å². The van der Waals surface area contributed by atoms with Crippen LogP contribution in [0.15, 0.2) is 65.6 Å². The van der Waals surface area contributed by atoms with Crippen LogP contribution in [-0.4, -0.2) is 81.8 Å². The van der Waals surface area contributed by atoms with Crippen LogP contribution in [0.3, 0.4) is 0 Å². The molecular formula is C35H40N6O5. The summed E-state index contributed by atoms with van der Waals surface area (Å²) in [5.41, 5.74) is 4.72. The average molecular weight is 625 g/mol. The highest BCUT2D eigenvalue weighted by Gasteiger charge is 2.26. The highest BCUT2D eigenvalue weighted by atomic mass is 16.5. The maximum Gasteiger partial charge on any atom is 0.252 e. The number of aromatic amines is 1. The summed E-state index contributed by atoms with van der Waals surface area (Å²) < 4.78 is 13.1. The van der Waals surface area contributed by atoms with Gasteiger partial charge in [0.1, 0.15) is 23.9 Å². The van der Waals surface area contributed by atoms with Crippen molar-refractivity contribution in [3.8, 4) is 17.1 Å². The van der Waals surface area contributed by atoms with Gasteiger partial charge in [-0.05, 0) is 60.9 Å². The zero-order valence-electron chi connectivity index (χ0n) is 25.8. The first-order valence-corrected chi connectivity index (χ1v) is 16.3. The minimum absolute atomic E-state index is 0.139. The van der Waals surface area contributed by atoms with Gasteiger partial charge in [0.25, 0.3) is 5.91 Å². The maximum atomic E-state index is 13.8. The molecule has 1 aliphatic heterocycles. The van der Waals surface area contributed by atoms with Crippen molar-refractivity contribution in [2.24, 2.45) is 0 Å². The summed E-state index contributed by atoms with van der Waals surface area (Å²) in [5, 5.41) is 17.0. The number of hydrogen-bond acceptors (Lipinski definition) is 7. The molecule has 2 amide bonds. The highest BCUT2D eigenvalue weighted by molar-refractivity contribution is 6.00. The van der Waals surface area contributed by atoms with E-state index in [1.165, 1.54) is 19.3 Å². The van der Waals surface area contributed by atoms with Gasteiger partial charge in [-0.3, -0.25) is 14.5 Å². The molecule has 2 aliphatic rings. The molecule has 11 nitrogen and oxygen atoms in total. The van der Waals surface area contributed by atoms with Crippen molar-refractivity contribution in [3.05, 3.63) is 72.3 Å². The molecular weight excluding hydrogens is 584 g/mol. The number of nitrogens with one attached hydrogen (secondary N) is 3. The number of ether oxygens (including phenoxy) is 1. The third kappa shape index (κ3) is 6.38. The Balaban J connectivity index is 1.14. The minimum atomic E-state index is -0.837. The van der Waals surface area contributed by atoms with E-state index in [1.54, 1.807) is 30.7 Å². The summed E-state index contributed by atoms with van der Waals surface area (Å²) in [6.07, 6.45) is 11.2. The molecule has 1 saturated heterocycles. The van der Waals surface area contributed by atoms with Crippen molar-refractivity contribution in [3.63, 3.8) is 0 Å². The zero-order valence-corrected chi connectivity index (χ0v) is 25.8. The molecule has 1 atom stereocenters. The lowest BCUT2D eigenvalue weighted by Gasteiger charge is -2.27. The summed E-state index contributed by atoms with van der Waals surface area (Å²) in [4.78, 5) is 37.8. The number of fused-ring (bicyclic) bond motifs is 2. The summed E-state index contributed by atoms with van der Waals surface area (Å²) in [6.45, 7) is 4.20. The number of amides is 2. The van der Waals surface area contributed by atoms with Crippen LogP contribution >= 0.6 is 0 Å². The van der Waals surface area contributed by atoms with E-state index in [2.05, 4.69) is 25.1 Å². The maximum absolute atomic E-state index is 13.8. The molecule has 0 radical (unpaired) electrons. The first kappa shape index (κ1) is 30.1. The largest absolute Gasteiger partial charge is 0.508 e. The van der Waals surface area contributed by atoms with Gasteiger partial charge in [0.05, 0.1) is 36.1 Å². The number of H-pyrrole nitrogens is 1. The molecule has 3 aromatic heterocycles. The van der Waals surface area contributed by atoms with Gasteiger partial charge in [0, 0.05) is 61.3 Å². The third-order valence-electron chi connectivity index (χ3n) is 9.30. The lowest BCUT2D eigenvalue weighted by atomic mass is 9.95. The van der Waals surface area contributed by atoms with Gasteiger partial charge in [0.2, 0.25) is 5.91 Å². The monoisotopic (exact) mass is 624 g/mol. The first-order chi connectivity index (χ1) is 22.5. The van der Waals surface area contributed by atoms with E-state index in [0.29, 0.717) is 37.9 Å². The van der Waals surface area contributed by atoms with Crippen LogP contribution in [0, 0.1) is 0 Å². The topological polar surface area (TPSA) is 138 Å². The van der Waals surface area contributed by atoms with Gasteiger partial charge >= 0.3 is 0 Å². The second-order valence-electron chi connectivity index (χ2n) is 12.3. The lowest BCUT2D eigenvalue weighted by Crippen LogP contribution is -2.50. The van der Waals surface area contributed by atoms with Crippen LogP contribution in [0.2, 0.25) is 0 Å². The van der Waals surface area contributed by atoms with Crippen LogP contribution in [0.25, 0.3) is 33.3 Å². The number of nitrogens with zero attached hydrogens (tertiary/aromatic N) is 3. The van der Waals surface area contributed by atoms with Gasteiger partial charge < -0.3 is 34.4 Å². The molecule has 11 heteroatoms. The molecule has 0 spiro atoms. The molecule has 0 unspecified atom stereocenters. The molecule has 5 aromatic rings. The Hall–Kier alpha value is -4.61. The average Bonchev–Trinajstić information content (AvgIpc) is 3.84. The summed E-state index contributed by atoms with van der Waals surface area (Å²) in [7, 11) is 0. The number of carbonyl (C=O) groups is 2. The van der Waals surface area contributed by atoms with Gasteiger partial charge in [-0.2, -0.15) is 0 Å². The van der Waals surface area contributed by atoms with Crippen LogP contribution in [0.4, 0.5) is 0 Å². The molecule has 1 saturated carbocycles. The number of morpholine rings is 1. The van der Waals surface area contributed by atoms with Gasteiger partial charge in [-0.1, -0.05) is 19.3 Å². The number of imidazole rings is 1. The SMILES string of the molecule is O=C(N[C@@H](Cc1c[nH]c2ccc(O)cc12)C(=O)NCCN1CCOCC1)c1ccc2c(c1)nc(-c1ccoc1)n2C1CCCCC1. The van der Waals surface area contributed by atoms with Gasteiger partial charge in [-0.25, -0.2) is 4.98 Å². The summed E-state index contributed by atoms with van der Waals surface area (Å²) in [5.74, 6) is 0.365.